The maximum absolute atomic E-state index is 4.47. The fraction of sp³-hybridized carbons (Fsp3) is 0.353. The van der Waals surface area contributed by atoms with Crippen molar-refractivity contribution in [2.45, 2.75) is 33.5 Å². The van der Waals surface area contributed by atoms with E-state index in [1.807, 2.05) is 12.4 Å². The molecule has 0 aliphatic heterocycles. The molecule has 0 aliphatic rings. The van der Waals surface area contributed by atoms with Crippen LogP contribution >= 0.6 is 0 Å². The zero-order chi connectivity index (χ0) is 14.7. The van der Waals surface area contributed by atoms with Crippen LogP contribution in [0.3, 0.4) is 0 Å². The summed E-state index contributed by atoms with van der Waals surface area (Å²) in [6.45, 7) is 7.96. The lowest BCUT2D eigenvalue weighted by Crippen LogP contribution is -2.11. The molecule has 110 valence electrons. The second-order valence-electron chi connectivity index (χ2n) is 5.25. The Bertz CT molecular complexity index is 723. The molecule has 21 heavy (non-hydrogen) atoms. The number of hydrogen-bond acceptors (Lipinski definition) is 2. The smallest absolute Gasteiger partial charge is 0.128 e. The Balaban J connectivity index is 1.91. The summed E-state index contributed by atoms with van der Waals surface area (Å²) in [7, 11) is 0. The van der Waals surface area contributed by atoms with Gasteiger partial charge in [0.2, 0.25) is 0 Å². The topological polar surface area (TPSA) is 34.8 Å². The molecule has 4 heteroatoms. The average molecular weight is 282 g/mol. The maximum atomic E-state index is 4.47. The fourth-order valence-corrected chi connectivity index (χ4v) is 2.68. The van der Waals surface area contributed by atoms with Gasteiger partial charge >= 0.3 is 0 Å². The lowest BCUT2D eigenvalue weighted by molar-refractivity contribution is 0.661. The molecule has 3 aromatic rings. The Labute approximate surface area is 125 Å². The standard InChI is InChI=1S/C17H22N4/c1-3-18-12-14-5-6-15-7-9-21(16(15)11-14)13-17-19-8-10-20(17)4-2/h5-11,18H,3-4,12-13H2,1-2H3. The summed E-state index contributed by atoms with van der Waals surface area (Å²) < 4.78 is 4.47. The minimum absolute atomic E-state index is 0.814. The number of hydrogen-bond donors (Lipinski definition) is 1. The van der Waals surface area contributed by atoms with Crippen molar-refractivity contribution in [3.63, 3.8) is 0 Å². The molecule has 0 radical (unpaired) electrons. The van der Waals surface area contributed by atoms with E-state index in [-0.39, 0.29) is 0 Å². The van der Waals surface area contributed by atoms with Gasteiger partial charge in [0.15, 0.2) is 0 Å². The quantitative estimate of drug-likeness (QED) is 0.754. The van der Waals surface area contributed by atoms with Gasteiger partial charge in [-0.3, -0.25) is 0 Å². The number of rotatable bonds is 6. The van der Waals surface area contributed by atoms with E-state index in [9.17, 15) is 0 Å². The summed E-state index contributed by atoms with van der Waals surface area (Å²) >= 11 is 0. The zero-order valence-electron chi connectivity index (χ0n) is 12.7. The van der Waals surface area contributed by atoms with Gasteiger partial charge in [-0.25, -0.2) is 4.98 Å². The van der Waals surface area contributed by atoms with Gasteiger partial charge in [0.1, 0.15) is 5.82 Å². The van der Waals surface area contributed by atoms with E-state index in [2.05, 4.69) is 63.7 Å². The van der Waals surface area contributed by atoms with E-state index in [4.69, 9.17) is 0 Å². The third-order valence-corrected chi connectivity index (χ3v) is 3.87. The highest BCUT2D eigenvalue weighted by molar-refractivity contribution is 5.80. The van der Waals surface area contributed by atoms with Gasteiger partial charge in [-0.1, -0.05) is 19.1 Å². The highest BCUT2D eigenvalue weighted by Gasteiger charge is 2.06. The molecule has 1 aromatic carbocycles. The first-order chi connectivity index (χ1) is 10.3. The van der Waals surface area contributed by atoms with Gasteiger partial charge in [-0.05, 0) is 36.6 Å². The van der Waals surface area contributed by atoms with Crippen LogP contribution in [0.5, 0.6) is 0 Å². The molecule has 2 heterocycles. The second kappa shape index (κ2) is 6.14. The van der Waals surface area contributed by atoms with Crippen LogP contribution in [0.4, 0.5) is 0 Å². The van der Waals surface area contributed by atoms with Gasteiger partial charge < -0.3 is 14.5 Å². The van der Waals surface area contributed by atoms with Crippen molar-refractivity contribution in [1.82, 2.24) is 19.4 Å². The maximum Gasteiger partial charge on any atom is 0.128 e. The minimum Gasteiger partial charge on any atom is -0.340 e. The monoisotopic (exact) mass is 282 g/mol. The van der Waals surface area contributed by atoms with Crippen molar-refractivity contribution >= 4 is 10.9 Å². The molecule has 0 spiro atoms. The Kier molecular flexibility index (Phi) is 4.06. The molecular weight excluding hydrogens is 260 g/mol. The molecule has 0 bridgehead atoms. The van der Waals surface area contributed by atoms with Crippen LogP contribution in [-0.2, 0) is 19.6 Å². The predicted molar refractivity (Wildman–Crippen MR) is 86.3 cm³/mol. The Morgan fingerprint density at radius 3 is 2.81 bits per heavy atom. The van der Waals surface area contributed by atoms with E-state index >= 15 is 0 Å². The van der Waals surface area contributed by atoms with E-state index in [0.29, 0.717) is 0 Å². The molecule has 0 saturated carbocycles. The SMILES string of the molecule is CCNCc1ccc2ccn(Cc3nccn3CC)c2c1. The summed E-state index contributed by atoms with van der Waals surface area (Å²) in [5.41, 5.74) is 2.60. The molecule has 0 aliphatic carbocycles. The van der Waals surface area contributed by atoms with Crippen LogP contribution in [0.25, 0.3) is 10.9 Å². The first-order valence-electron chi connectivity index (χ1n) is 7.60. The van der Waals surface area contributed by atoms with Crippen LogP contribution in [0, 0.1) is 0 Å². The number of imidazole rings is 1. The molecule has 0 saturated heterocycles. The average Bonchev–Trinajstić information content (AvgIpc) is 3.12. The van der Waals surface area contributed by atoms with Gasteiger partial charge in [0.05, 0.1) is 6.54 Å². The van der Waals surface area contributed by atoms with Crippen LogP contribution in [0.15, 0.2) is 42.9 Å². The van der Waals surface area contributed by atoms with Crippen LogP contribution in [0.2, 0.25) is 0 Å². The third kappa shape index (κ3) is 2.85. The van der Waals surface area contributed by atoms with E-state index in [1.165, 1.54) is 16.5 Å². The molecule has 1 N–H and O–H groups in total. The Morgan fingerprint density at radius 2 is 2.00 bits per heavy atom. The number of aromatic nitrogens is 3. The molecule has 4 nitrogen and oxygen atoms in total. The molecule has 3 rings (SSSR count). The number of nitrogens with one attached hydrogen (secondary N) is 1. The molecule has 0 fully saturated rings. The lowest BCUT2D eigenvalue weighted by Gasteiger charge is -2.09. The zero-order valence-corrected chi connectivity index (χ0v) is 12.7. The van der Waals surface area contributed by atoms with Crippen LogP contribution in [-0.4, -0.2) is 20.7 Å². The van der Waals surface area contributed by atoms with Crippen molar-refractivity contribution in [2.75, 3.05) is 6.54 Å². The van der Waals surface area contributed by atoms with Crippen LogP contribution in [0.1, 0.15) is 25.2 Å². The minimum atomic E-state index is 0.814. The fourth-order valence-electron chi connectivity index (χ4n) is 2.68. The molecular formula is C17H22N4. The van der Waals surface area contributed by atoms with Crippen molar-refractivity contribution in [1.29, 1.82) is 0 Å². The summed E-state index contributed by atoms with van der Waals surface area (Å²) in [6, 6.07) is 8.84. The first kappa shape index (κ1) is 13.9. The third-order valence-electron chi connectivity index (χ3n) is 3.87. The molecule has 0 amide bonds. The van der Waals surface area contributed by atoms with E-state index < -0.39 is 0 Å². The van der Waals surface area contributed by atoms with Gasteiger partial charge in [-0.2, -0.15) is 0 Å². The highest BCUT2D eigenvalue weighted by Crippen LogP contribution is 2.19. The number of nitrogens with zero attached hydrogens (tertiary/aromatic N) is 3. The summed E-state index contributed by atoms with van der Waals surface area (Å²) in [5, 5.41) is 4.66. The molecule has 2 aromatic heterocycles. The number of fused-ring (bicyclic) bond motifs is 1. The number of aryl methyl sites for hydroxylation is 1. The van der Waals surface area contributed by atoms with Gasteiger partial charge in [0.25, 0.3) is 0 Å². The van der Waals surface area contributed by atoms with E-state index in [0.717, 1.165) is 32.0 Å². The van der Waals surface area contributed by atoms with Crippen molar-refractivity contribution in [3.05, 3.63) is 54.2 Å². The summed E-state index contributed by atoms with van der Waals surface area (Å²) in [5.74, 6) is 1.10. The summed E-state index contributed by atoms with van der Waals surface area (Å²) in [6.07, 6.45) is 6.06. The van der Waals surface area contributed by atoms with Crippen molar-refractivity contribution in [3.8, 4) is 0 Å². The summed E-state index contributed by atoms with van der Waals surface area (Å²) in [4.78, 5) is 4.47. The van der Waals surface area contributed by atoms with Crippen LogP contribution < -0.4 is 5.32 Å². The first-order valence-corrected chi connectivity index (χ1v) is 7.60. The lowest BCUT2D eigenvalue weighted by atomic mass is 10.1. The van der Waals surface area contributed by atoms with Gasteiger partial charge in [0, 0.05) is 37.2 Å². The van der Waals surface area contributed by atoms with Crippen molar-refractivity contribution in [2.24, 2.45) is 0 Å². The molecule has 0 atom stereocenters. The number of benzene rings is 1. The van der Waals surface area contributed by atoms with Crippen molar-refractivity contribution < 1.29 is 0 Å². The normalized spacial score (nSPS) is 11.3. The largest absolute Gasteiger partial charge is 0.340 e. The molecule has 0 unspecified atom stereocenters. The van der Waals surface area contributed by atoms with Gasteiger partial charge in [-0.15, -0.1) is 0 Å². The Morgan fingerprint density at radius 1 is 1.10 bits per heavy atom. The predicted octanol–water partition coefficient (Wildman–Crippen LogP) is 3.02. The van der Waals surface area contributed by atoms with E-state index in [1.54, 1.807) is 0 Å². The highest BCUT2D eigenvalue weighted by atomic mass is 15.1. The Hall–Kier alpha value is -2.07. The second-order valence-corrected chi connectivity index (χ2v) is 5.25.